The summed E-state index contributed by atoms with van der Waals surface area (Å²) in [6.07, 6.45) is 4.55. The molecule has 0 spiro atoms. The van der Waals surface area contributed by atoms with E-state index >= 15 is 0 Å². The van der Waals surface area contributed by atoms with Crippen LogP contribution in [0.2, 0.25) is 0 Å². The second-order valence-electron chi connectivity index (χ2n) is 8.69. The minimum Gasteiger partial charge on any atom is -0.449 e. The maximum atomic E-state index is 13.0. The summed E-state index contributed by atoms with van der Waals surface area (Å²) in [5.74, 6) is 0.210. The zero-order valence-electron chi connectivity index (χ0n) is 19.4. The van der Waals surface area contributed by atoms with Crippen molar-refractivity contribution in [1.29, 1.82) is 0 Å². The van der Waals surface area contributed by atoms with Gasteiger partial charge in [-0.05, 0) is 36.4 Å². The number of piperazine rings is 1. The number of furan rings is 1. The van der Waals surface area contributed by atoms with E-state index in [1.54, 1.807) is 18.1 Å². The highest BCUT2D eigenvalue weighted by Gasteiger charge is 2.23. The summed E-state index contributed by atoms with van der Waals surface area (Å²) < 4.78 is 6.13. The van der Waals surface area contributed by atoms with Crippen LogP contribution in [0.4, 0.5) is 5.69 Å². The molecule has 1 amide bonds. The summed E-state index contributed by atoms with van der Waals surface area (Å²) in [6, 6.07) is 19.7. The van der Waals surface area contributed by atoms with Gasteiger partial charge >= 0.3 is 0 Å². The first-order chi connectivity index (χ1) is 16.7. The fourth-order valence-electron chi connectivity index (χ4n) is 4.43. The molecule has 0 aliphatic carbocycles. The SMILES string of the molecule is CN(Cc1ccccn1)C(=O)c1cc2cccc(N3CCN(CCc4ccccn4)CC3)c2o1. The molecule has 0 unspecified atom stereocenters. The molecule has 1 fully saturated rings. The van der Waals surface area contributed by atoms with Crippen molar-refractivity contribution >= 4 is 22.6 Å². The maximum Gasteiger partial charge on any atom is 0.289 e. The van der Waals surface area contributed by atoms with Crippen molar-refractivity contribution < 1.29 is 9.21 Å². The Hall–Kier alpha value is -3.71. The number of nitrogens with zero attached hydrogens (tertiary/aromatic N) is 5. The Morgan fingerprint density at radius 2 is 1.68 bits per heavy atom. The van der Waals surface area contributed by atoms with Crippen LogP contribution in [0.3, 0.4) is 0 Å². The largest absolute Gasteiger partial charge is 0.449 e. The Bertz CT molecular complexity index is 1230. The summed E-state index contributed by atoms with van der Waals surface area (Å²) in [4.78, 5) is 28.2. The van der Waals surface area contributed by atoms with Crippen LogP contribution in [-0.4, -0.2) is 65.4 Å². The second kappa shape index (κ2) is 10.1. The molecule has 1 aromatic carbocycles. The number of aromatic nitrogens is 2. The van der Waals surface area contributed by atoms with Crippen LogP contribution >= 0.6 is 0 Å². The molecule has 7 nitrogen and oxygen atoms in total. The van der Waals surface area contributed by atoms with Crippen LogP contribution < -0.4 is 4.90 Å². The van der Waals surface area contributed by atoms with Crippen LogP contribution in [0.25, 0.3) is 11.0 Å². The summed E-state index contributed by atoms with van der Waals surface area (Å²) in [7, 11) is 1.77. The molecule has 7 heteroatoms. The Balaban J connectivity index is 1.24. The third-order valence-electron chi connectivity index (χ3n) is 6.33. The lowest BCUT2D eigenvalue weighted by molar-refractivity contribution is 0.0754. The summed E-state index contributed by atoms with van der Waals surface area (Å²) in [6.45, 7) is 5.27. The molecule has 3 aromatic heterocycles. The van der Waals surface area contributed by atoms with Crippen LogP contribution in [0.1, 0.15) is 21.9 Å². The maximum absolute atomic E-state index is 13.0. The standard InChI is InChI=1S/C27H29N5O2/c1-30(20-23-9-3-5-13-29-23)27(33)25-19-21-7-6-10-24(26(21)34-25)32-17-15-31(16-18-32)14-11-22-8-2-4-12-28-22/h2-10,12-13,19H,11,14-18,20H2,1H3. The van der Waals surface area contributed by atoms with E-state index in [1.807, 2.05) is 54.7 Å². The van der Waals surface area contributed by atoms with Crippen LogP contribution in [-0.2, 0) is 13.0 Å². The first-order valence-corrected chi connectivity index (χ1v) is 11.7. The van der Waals surface area contributed by atoms with E-state index in [2.05, 4.69) is 31.9 Å². The number of carbonyl (C=O) groups is 1. The molecule has 0 saturated carbocycles. The molecule has 0 N–H and O–H groups in total. The molecular formula is C27H29N5O2. The number of amides is 1. The molecule has 1 aliphatic heterocycles. The molecule has 1 aliphatic rings. The van der Waals surface area contributed by atoms with E-state index < -0.39 is 0 Å². The van der Waals surface area contributed by atoms with Crippen molar-refractivity contribution in [3.8, 4) is 0 Å². The quantitative estimate of drug-likeness (QED) is 0.422. The van der Waals surface area contributed by atoms with Crippen LogP contribution in [0.5, 0.6) is 0 Å². The highest BCUT2D eigenvalue weighted by molar-refractivity contribution is 5.99. The van der Waals surface area contributed by atoms with Gasteiger partial charge in [0, 0.05) is 69.7 Å². The average Bonchev–Trinajstić information content (AvgIpc) is 3.33. The molecule has 174 valence electrons. The van der Waals surface area contributed by atoms with E-state index in [1.165, 1.54) is 0 Å². The van der Waals surface area contributed by atoms with Gasteiger partial charge in [0.1, 0.15) is 0 Å². The van der Waals surface area contributed by atoms with Crippen molar-refractivity contribution in [3.63, 3.8) is 0 Å². The monoisotopic (exact) mass is 455 g/mol. The lowest BCUT2D eigenvalue weighted by Gasteiger charge is -2.36. The second-order valence-corrected chi connectivity index (χ2v) is 8.69. The fraction of sp³-hybridized carbons (Fsp3) is 0.296. The normalized spacial score (nSPS) is 14.4. The Labute approximate surface area is 199 Å². The molecule has 0 bridgehead atoms. The predicted molar refractivity (Wildman–Crippen MR) is 133 cm³/mol. The summed E-state index contributed by atoms with van der Waals surface area (Å²) >= 11 is 0. The smallest absolute Gasteiger partial charge is 0.289 e. The van der Waals surface area contributed by atoms with Crippen molar-refractivity contribution in [2.75, 3.05) is 44.7 Å². The van der Waals surface area contributed by atoms with Crippen LogP contribution in [0.15, 0.2) is 77.5 Å². The molecule has 0 atom stereocenters. The number of rotatable bonds is 7. The van der Waals surface area contributed by atoms with E-state index in [0.717, 1.165) is 67.2 Å². The van der Waals surface area contributed by atoms with E-state index in [-0.39, 0.29) is 5.91 Å². The van der Waals surface area contributed by atoms with Gasteiger partial charge in [0.05, 0.1) is 17.9 Å². The van der Waals surface area contributed by atoms with Gasteiger partial charge in [0.15, 0.2) is 11.3 Å². The summed E-state index contributed by atoms with van der Waals surface area (Å²) in [5, 5.41) is 0.949. The Morgan fingerprint density at radius 1 is 0.941 bits per heavy atom. The zero-order chi connectivity index (χ0) is 23.3. The van der Waals surface area contributed by atoms with E-state index in [4.69, 9.17) is 4.42 Å². The van der Waals surface area contributed by atoms with Crippen molar-refractivity contribution in [3.05, 3.63) is 90.2 Å². The molecular weight excluding hydrogens is 426 g/mol. The Morgan fingerprint density at radius 3 is 2.38 bits per heavy atom. The lowest BCUT2D eigenvalue weighted by atomic mass is 10.2. The van der Waals surface area contributed by atoms with Gasteiger partial charge in [0.2, 0.25) is 0 Å². The highest BCUT2D eigenvalue weighted by atomic mass is 16.3. The van der Waals surface area contributed by atoms with Gasteiger partial charge in [0.25, 0.3) is 5.91 Å². The minimum atomic E-state index is -0.146. The number of anilines is 1. The van der Waals surface area contributed by atoms with Crippen molar-refractivity contribution in [2.24, 2.45) is 0 Å². The Kier molecular flexibility index (Phi) is 6.53. The van der Waals surface area contributed by atoms with Gasteiger partial charge in [-0.2, -0.15) is 0 Å². The number of hydrogen-bond acceptors (Lipinski definition) is 6. The topological polar surface area (TPSA) is 65.7 Å². The van der Waals surface area contributed by atoms with E-state index in [9.17, 15) is 4.79 Å². The van der Waals surface area contributed by atoms with Gasteiger partial charge < -0.3 is 14.2 Å². The number of para-hydroxylation sites is 1. The highest BCUT2D eigenvalue weighted by Crippen LogP contribution is 2.31. The third kappa shape index (κ3) is 4.94. The molecule has 0 radical (unpaired) electrons. The minimum absolute atomic E-state index is 0.146. The molecule has 5 rings (SSSR count). The van der Waals surface area contributed by atoms with Crippen LogP contribution in [0, 0.1) is 0 Å². The van der Waals surface area contributed by atoms with Gasteiger partial charge in [-0.1, -0.05) is 24.3 Å². The number of carbonyl (C=O) groups excluding carboxylic acids is 1. The first kappa shape index (κ1) is 22.1. The number of fused-ring (bicyclic) bond motifs is 1. The molecule has 4 heterocycles. The average molecular weight is 456 g/mol. The van der Waals surface area contributed by atoms with E-state index in [0.29, 0.717) is 12.3 Å². The fourth-order valence-corrected chi connectivity index (χ4v) is 4.43. The van der Waals surface area contributed by atoms with Gasteiger partial charge in [-0.15, -0.1) is 0 Å². The predicted octanol–water partition coefficient (Wildman–Crippen LogP) is 3.86. The molecule has 34 heavy (non-hydrogen) atoms. The number of benzene rings is 1. The van der Waals surface area contributed by atoms with Crippen molar-refractivity contribution in [1.82, 2.24) is 19.8 Å². The van der Waals surface area contributed by atoms with Gasteiger partial charge in [-0.25, -0.2) is 0 Å². The molecule has 1 saturated heterocycles. The molecule has 4 aromatic rings. The number of hydrogen-bond donors (Lipinski definition) is 0. The van der Waals surface area contributed by atoms with Gasteiger partial charge in [-0.3, -0.25) is 19.7 Å². The van der Waals surface area contributed by atoms with Crippen molar-refractivity contribution in [2.45, 2.75) is 13.0 Å². The zero-order valence-corrected chi connectivity index (χ0v) is 19.4. The lowest BCUT2D eigenvalue weighted by Crippen LogP contribution is -2.47. The number of pyridine rings is 2. The third-order valence-corrected chi connectivity index (χ3v) is 6.33. The first-order valence-electron chi connectivity index (χ1n) is 11.7. The summed E-state index contributed by atoms with van der Waals surface area (Å²) in [5.41, 5.74) is 3.80.